The summed E-state index contributed by atoms with van der Waals surface area (Å²) < 4.78 is 7.74. The van der Waals surface area contributed by atoms with Crippen molar-refractivity contribution in [3.63, 3.8) is 0 Å². The molecule has 0 fully saturated rings. The maximum Gasteiger partial charge on any atom is 0.149 e. The summed E-state index contributed by atoms with van der Waals surface area (Å²) in [7, 11) is 0. The van der Waals surface area contributed by atoms with E-state index in [-0.39, 0.29) is 6.04 Å². The number of fused-ring (bicyclic) bond motifs is 1. The van der Waals surface area contributed by atoms with E-state index in [0.717, 1.165) is 37.8 Å². The van der Waals surface area contributed by atoms with Gasteiger partial charge in [0.25, 0.3) is 0 Å². The van der Waals surface area contributed by atoms with Gasteiger partial charge in [0.1, 0.15) is 11.6 Å². The van der Waals surface area contributed by atoms with Gasteiger partial charge in [-0.1, -0.05) is 6.42 Å². The summed E-state index contributed by atoms with van der Waals surface area (Å²) in [5.74, 6) is 2.22. The molecule has 1 N–H and O–H groups in total. The van der Waals surface area contributed by atoms with E-state index in [1.54, 1.807) is 0 Å². The second-order valence-electron chi connectivity index (χ2n) is 5.39. The lowest BCUT2D eigenvalue weighted by Gasteiger charge is -2.20. The minimum atomic E-state index is 0.217. The predicted octanol–water partition coefficient (Wildman–Crippen LogP) is 2.08. The summed E-state index contributed by atoms with van der Waals surface area (Å²) in [6, 6.07) is 0.545. The lowest BCUT2D eigenvalue weighted by molar-refractivity contribution is 0.123. The van der Waals surface area contributed by atoms with Gasteiger partial charge in [0, 0.05) is 25.6 Å². The van der Waals surface area contributed by atoms with E-state index in [1.807, 2.05) is 6.92 Å². The molecule has 1 aromatic rings. The molecule has 2 atom stereocenters. The van der Waals surface area contributed by atoms with E-state index < -0.39 is 0 Å². The van der Waals surface area contributed by atoms with Crippen LogP contribution in [0.4, 0.5) is 0 Å². The molecular formula is C14H26N4O. The predicted molar refractivity (Wildman–Crippen MR) is 75.1 cm³/mol. The van der Waals surface area contributed by atoms with Crippen molar-refractivity contribution < 1.29 is 4.74 Å². The van der Waals surface area contributed by atoms with E-state index >= 15 is 0 Å². The van der Waals surface area contributed by atoms with Gasteiger partial charge in [-0.15, -0.1) is 10.2 Å². The van der Waals surface area contributed by atoms with Crippen LogP contribution in [0.2, 0.25) is 0 Å². The molecule has 108 valence electrons. The summed E-state index contributed by atoms with van der Waals surface area (Å²) in [6.07, 6.45) is 4.83. The Morgan fingerprint density at radius 2 is 2.11 bits per heavy atom. The third-order valence-corrected chi connectivity index (χ3v) is 3.63. The van der Waals surface area contributed by atoms with E-state index in [9.17, 15) is 0 Å². The summed E-state index contributed by atoms with van der Waals surface area (Å²) in [5, 5.41) is 12.3. The quantitative estimate of drug-likeness (QED) is 0.856. The zero-order valence-corrected chi connectivity index (χ0v) is 12.4. The van der Waals surface area contributed by atoms with Gasteiger partial charge in [-0.25, -0.2) is 0 Å². The first-order valence-electron chi connectivity index (χ1n) is 7.48. The fourth-order valence-electron chi connectivity index (χ4n) is 2.67. The molecule has 5 heteroatoms. The fraction of sp³-hybridized carbons (Fsp3) is 0.857. The molecule has 2 unspecified atom stereocenters. The molecule has 1 aliphatic heterocycles. The van der Waals surface area contributed by atoms with Gasteiger partial charge < -0.3 is 14.6 Å². The summed E-state index contributed by atoms with van der Waals surface area (Å²) in [4.78, 5) is 0. The van der Waals surface area contributed by atoms with Crippen molar-refractivity contribution in [2.75, 3.05) is 13.2 Å². The van der Waals surface area contributed by atoms with Crippen molar-refractivity contribution in [1.29, 1.82) is 0 Å². The van der Waals surface area contributed by atoms with Crippen LogP contribution in [0.1, 0.15) is 57.7 Å². The molecule has 0 saturated heterocycles. The van der Waals surface area contributed by atoms with Crippen LogP contribution in [-0.2, 0) is 17.7 Å². The van der Waals surface area contributed by atoms with E-state index in [1.165, 1.54) is 19.3 Å². The highest BCUT2D eigenvalue weighted by Crippen LogP contribution is 2.18. The van der Waals surface area contributed by atoms with Crippen LogP contribution >= 0.6 is 0 Å². The smallest absolute Gasteiger partial charge is 0.149 e. The first-order chi connectivity index (χ1) is 9.22. The summed E-state index contributed by atoms with van der Waals surface area (Å²) in [6.45, 7) is 8.89. The fourth-order valence-corrected chi connectivity index (χ4v) is 2.67. The molecule has 0 spiro atoms. The Hall–Kier alpha value is -0.940. The first kappa shape index (κ1) is 14.5. The number of hydrogen-bond donors (Lipinski definition) is 1. The number of hydrogen-bond acceptors (Lipinski definition) is 4. The maximum atomic E-state index is 5.44. The second kappa shape index (κ2) is 7.01. The van der Waals surface area contributed by atoms with Gasteiger partial charge in [-0.05, 0) is 33.6 Å². The Morgan fingerprint density at radius 3 is 2.89 bits per heavy atom. The molecule has 0 aliphatic carbocycles. The summed E-state index contributed by atoms with van der Waals surface area (Å²) >= 11 is 0. The third kappa shape index (κ3) is 3.76. The zero-order chi connectivity index (χ0) is 13.7. The van der Waals surface area contributed by atoms with Crippen LogP contribution in [0.15, 0.2) is 0 Å². The van der Waals surface area contributed by atoms with Crippen LogP contribution in [-0.4, -0.2) is 34.0 Å². The molecule has 0 saturated carbocycles. The monoisotopic (exact) mass is 266 g/mol. The molecule has 0 amide bonds. The number of ether oxygens (including phenoxy) is 1. The van der Waals surface area contributed by atoms with Crippen molar-refractivity contribution in [2.24, 2.45) is 0 Å². The molecule has 0 bridgehead atoms. The van der Waals surface area contributed by atoms with Crippen LogP contribution in [0, 0.1) is 0 Å². The molecule has 1 aromatic heterocycles. The number of nitrogens with one attached hydrogen (secondary N) is 1. The SMILES string of the molecule is CCOCC(C)NC(C)c1nnc2n1CCCCC2. The number of rotatable bonds is 6. The zero-order valence-electron chi connectivity index (χ0n) is 12.4. The average molecular weight is 266 g/mol. The van der Waals surface area contributed by atoms with E-state index in [4.69, 9.17) is 4.74 Å². The average Bonchev–Trinajstić information content (AvgIpc) is 2.66. The number of aromatic nitrogens is 3. The van der Waals surface area contributed by atoms with Crippen LogP contribution in [0.3, 0.4) is 0 Å². The molecule has 0 radical (unpaired) electrons. The highest BCUT2D eigenvalue weighted by molar-refractivity contribution is 5.02. The molecular weight excluding hydrogens is 240 g/mol. The highest BCUT2D eigenvalue weighted by Gasteiger charge is 2.20. The Labute approximate surface area is 115 Å². The lowest BCUT2D eigenvalue weighted by Crippen LogP contribution is -2.34. The number of aryl methyl sites for hydroxylation is 1. The van der Waals surface area contributed by atoms with Gasteiger partial charge in [0.15, 0.2) is 0 Å². The Bertz CT molecular complexity index is 391. The molecule has 0 aromatic carbocycles. The second-order valence-corrected chi connectivity index (χ2v) is 5.39. The standard InChI is InChI=1S/C14H26N4O/c1-4-19-10-11(2)15-12(3)14-17-16-13-8-6-5-7-9-18(13)14/h11-12,15H,4-10H2,1-3H3. The van der Waals surface area contributed by atoms with E-state index in [2.05, 4.69) is 33.9 Å². The molecule has 2 rings (SSSR count). The topological polar surface area (TPSA) is 52.0 Å². The maximum absolute atomic E-state index is 5.44. The minimum Gasteiger partial charge on any atom is -0.380 e. The van der Waals surface area contributed by atoms with Crippen molar-refractivity contribution in [3.05, 3.63) is 11.6 Å². The normalized spacial score (nSPS) is 18.7. The van der Waals surface area contributed by atoms with Crippen molar-refractivity contribution in [3.8, 4) is 0 Å². The lowest BCUT2D eigenvalue weighted by atomic mass is 10.2. The van der Waals surface area contributed by atoms with Gasteiger partial charge >= 0.3 is 0 Å². The van der Waals surface area contributed by atoms with Crippen LogP contribution in [0.5, 0.6) is 0 Å². The summed E-state index contributed by atoms with van der Waals surface area (Å²) in [5.41, 5.74) is 0. The minimum absolute atomic E-state index is 0.217. The highest BCUT2D eigenvalue weighted by atomic mass is 16.5. The van der Waals surface area contributed by atoms with Gasteiger partial charge in [-0.3, -0.25) is 0 Å². The van der Waals surface area contributed by atoms with Crippen LogP contribution < -0.4 is 5.32 Å². The number of nitrogens with zero attached hydrogens (tertiary/aromatic N) is 3. The van der Waals surface area contributed by atoms with E-state index in [0.29, 0.717) is 6.04 Å². The Kier molecular flexibility index (Phi) is 5.34. The molecule has 19 heavy (non-hydrogen) atoms. The Morgan fingerprint density at radius 1 is 1.26 bits per heavy atom. The van der Waals surface area contributed by atoms with Crippen LogP contribution in [0.25, 0.3) is 0 Å². The van der Waals surface area contributed by atoms with Gasteiger partial charge in [0.05, 0.1) is 12.6 Å². The van der Waals surface area contributed by atoms with Gasteiger partial charge in [0.2, 0.25) is 0 Å². The van der Waals surface area contributed by atoms with Gasteiger partial charge in [-0.2, -0.15) is 0 Å². The van der Waals surface area contributed by atoms with Crippen molar-refractivity contribution in [1.82, 2.24) is 20.1 Å². The third-order valence-electron chi connectivity index (χ3n) is 3.63. The molecule has 5 nitrogen and oxygen atoms in total. The first-order valence-corrected chi connectivity index (χ1v) is 7.48. The Balaban J connectivity index is 1.99. The largest absolute Gasteiger partial charge is 0.380 e. The molecule has 1 aliphatic rings. The molecule has 2 heterocycles. The van der Waals surface area contributed by atoms with Crippen molar-refractivity contribution >= 4 is 0 Å². The van der Waals surface area contributed by atoms with Crippen molar-refractivity contribution in [2.45, 2.75) is 65.1 Å².